The summed E-state index contributed by atoms with van der Waals surface area (Å²) < 4.78 is 13.6. The van der Waals surface area contributed by atoms with E-state index in [4.69, 9.17) is 9.47 Å². The van der Waals surface area contributed by atoms with Crippen LogP contribution in [0.2, 0.25) is 0 Å². The van der Waals surface area contributed by atoms with Gasteiger partial charge >= 0.3 is 0 Å². The zero-order valence-corrected chi connectivity index (χ0v) is 23.0. The van der Waals surface area contributed by atoms with Crippen LogP contribution in [0.15, 0.2) is 152 Å². The van der Waals surface area contributed by atoms with Gasteiger partial charge in [-0.2, -0.15) is 0 Å². The molecule has 3 unspecified atom stereocenters. The van der Waals surface area contributed by atoms with Crippen molar-refractivity contribution in [2.75, 3.05) is 6.61 Å². The van der Waals surface area contributed by atoms with E-state index >= 15 is 0 Å². The molecule has 0 amide bonds. The predicted molar refractivity (Wildman–Crippen MR) is 160 cm³/mol. The summed E-state index contributed by atoms with van der Waals surface area (Å²) in [6.07, 6.45) is -0.934. The molecule has 0 aliphatic carbocycles. The van der Waals surface area contributed by atoms with Gasteiger partial charge in [0.2, 0.25) is 0 Å². The molecule has 0 aromatic heterocycles. The van der Waals surface area contributed by atoms with Crippen LogP contribution in [0, 0.1) is 5.92 Å². The summed E-state index contributed by atoms with van der Waals surface area (Å²) in [4.78, 5) is 0. The second-order valence-electron chi connectivity index (χ2n) is 10.8. The number of hydrogen-bond acceptors (Lipinski definition) is 4. The molecule has 41 heavy (non-hydrogen) atoms. The fourth-order valence-corrected chi connectivity index (χ4v) is 6.16. The van der Waals surface area contributed by atoms with Crippen LogP contribution < -0.4 is 0 Å². The summed E-state index contributed by atoms with van der Waals surface area (Å²) in [7, 11) is 0. The fraction of sp³-hybridized carbons (Fsp3) is 0.189. The Hall–Kier alpha value is -4.06. The smallest absolute Gasteiger partial charge is 0.192 e. The molecule has 5 aromatic rings. The molecular formula is C37H34O4. The Balaban J connectivity index is 1.61. The highest BCUT2D eigenvalue weighted by Crippen LogP contribution is 2.51. The van der Waals surface area contributed by atoms with Crippen molar-refractivity contribution in [3.8, 4) is 0 Å². The van der Waals surface area contributed by atoms with Gasteiger partial charge < -0.3 is 19.7 Å². The minimum Gasteiger partial charge on any atom is -0.380 e. The highest BCUT2D eigenvalue weighted by Gasteiger charge is 2.58. The maximum atomic E-state index is 13.1. The predicted octanol–water partition coefficient (Wildman–Crippen LogP) is 6.76. The lowest BCUT2D eigenvalue weighted by molar-refractivity contribution is -0.352. The van der Waals surface area contributed by atoms with Crippen LogP contribution in [0.3, 0.4) is 0 Å². The van der Waals surface area contributed by atoms with Crippen molar-refractivity contribution in [2.45, 2.75) is 30.0 Å². The van der Waals surface area contributed by atoms with Gasteiger partial charge in [0.15, 0.2) is 5.79 Å². The molecule has 4 heteroatoms. The van der Waals surface area contributed by atoms with Gasteiger partial charge in [-0.3, -0.25) is 0 Å². The Morgan fingerprint density at radius 1 is 0.537 bits per heavy atom. The molecule has 5 aromatic carbocycles. The van der Waals surface area contributed by atoms with Crippen molar-refractivity contribution >= 4 is 0 Å². The Morgan fingerprint density at radius 3 is 1.27 bits per heavy atom. The van der Waals surface area contributed by atoms with Gasteiger partial charge in [-0.25, -0.2) is 0 Å². The first-order chi connectivity index (χ1) is 20.0. The maximum absolute atomic E-state index is 13.1. The first-order valence-corrected chi connectivity index (χ1v) is 14.0. The molecule has 3 atom stereocenters. The van der Waals surface area contributed by atoms with E-state index in [2.05, 4.69) is 0 Å². The van der Waals surface area contributed by atoms with E-state index in [1.54, 1.807) is 0 Å². The lowest BCUT2D eigenvalue weighted by Gasteiger charge is -2.53. The highest BCUT2D eigenvalue weighted by atomic mass is 16.7. The lowest BCUT2D eigenvalue weighted by Crippen LogP contribution is -2.61. The van der Waals surface area contributed by atoms with Crippen molar-refractivity contribution < 1.29 is 19.7 Å². The van der Waals surface area contributed by atoms with Gasteiger partial charge in [0.25, 0.3) is 0 Å². The van der Waals surface area contributed by atoms with Crippen LogP contribution in [-0.2, 0) is 26.5 Å². The maximum Gasteiger partial charge on any atom is 0.192 e. The number of ether oxygens (including phenoxy) is 2. The molecule has 0 spiro atoms. The third-order valence-electron chi connectivity index (χ3n) is 8.36. The minimum absolute atomic E-state index is 0.123. The molecule has 1 heterocycles. The largest absolute Gasteiger partial charge is 0.380 e. The Labute approximate surface area is 241 Å². The number of hydrogen-bond donors (Lipinski definition) is 2. The summed E-state index contributed by atoms with van der Waals surface area (Å²) in [6.45, 7) is 2.00. The first-order valence-electron chi connectivity index (χ1n) is 14.0. The van der Waals surface area contributed by atoms with Gasteiger partial charge in [-0.15, -0.1) is 0 Å². The minimum atomic E-state index is -1.63. The lowest BCUT2D eigenvalue weighted by atomic mass is 9.66. The summed E-state index contributed by atoms with van der Waals surface area (Å²) >= 11 is 0. The Morgan fingerprint density at radius 2 is 0.878 bits per heavy atom. The van der Waals surface area contributed by atoms with E-state index in [1.165, 1.54) is 0 Å². The zero-order chi connectivity index (χ0) is 28.3. The average Bonchev–Trinajstić information content (AvgIpc) is 3.06. The summed E-state index contributed by atoms with van der Waals surface area (Å²) in [6, 6.07) is 48.1. The van der Waals surface area contributed by atoms with E-state index < -0.39 is 29.0 Å². The molecule has 0 saturated carbocycles. The molecular weight excluding hydrogens is 508 g/mol. The van der Waals surface area contributed by atoms with E-state index in [1.807, 2.05) is 159 Å². The van der Waals surface area contributed by atoms with Gasteiger partial charge in [-0.05, 0) is 29.2 Å². The van der Waals surface area contributed by atoms with Gasteiger partial charge in [0.1, 0.15) is 17.3 Å². The first kappa shape index (κ1) is 27.1. The van der Waals surface area contributed by atoms with Crippen molar-refractivity contribution in [3.63, 3.8) is 0 Å². The van der Waals surface area contributed by atoms with E-state index in [0.29, 0.717) is 22.3 Å². The van der Waals surface area contributed by atoms with Gasteiger partial charge in [0.05, 0.1) is 6.61 Å². The molecule has 1 aliphatic heterocycles. The second-order valence-corrected chi connectivity index (χ2v) is 10.8. The summed E-state index contributed by atoms with van der Waals surface area (Å²) in [5, 5.41) is 26.1. The van der Waals surface area contributed by atoms with Crippen LogP contribution in [0.25, 0.3) is 0 Å². The van der Waals surface area contributed by atoms with E-state index in [0.717, 1.165) is 5.56 Å². The van der Waals surface area contributed by atoms with Crippen molar-refractivity contribution in [2.24, 2.45) is 5.92 Å². The van der Waals surface area contributed by atoms with Crippen molar-refractivity contribution in [3.05, 3.63) is 179 Å². The summed E-state index contributed by atoms with van der Waals surface area (Å²) in [5.41, 5.74) is 0.368. The SMILES string of the molecule is CC1(c2ccccc2)OCC(C(O)(c2ccccc2)c2ccccc2)C(C(O)(c2ccccc2)c2ccccc2)O1. The standard InChI is InChI=1S/C37H34O4/c1-35(28-17-7-2-8-18-28)40-27-33(36(38,29-19-9-3-10-20-29)30-21-11-4-12-22-30)34(41-35)37(39,31-23-13-5-14-24-31)32-25-15-6-16-26-32/h2-26,33-34,38-39H,27H2,1H3. The highest BCUT2D eigenvalue weighted by molar-refractivity contribution is 5.43. The molecule has 6 rings (SSSR count). The average molecular weight is 543 g/mol. The topological polar surface area (TPSA) is 58.9 Å². The monoisotopic (exact) mass is 542 g/mol. The summed E-state index contributed by atoms with van der Waals surface area (Å²) in [5.74, 6) is -1.89. The third kappa shape index (κ3) is 4.79. The number of benzene rings is 5. The Bertz CT molecular complexity index is 1460. The molecule has 1 aliphatic rings. The van der Waals surface area contributed by atoms with E-state index in [-0.39, 0.29) is 6.61 Å². The normalized spacial score (nSPS) is 21.3. The quantitative estimate of drug-likeness (QED) is 0.239. The number of aliphatic hydroxyl groups is 2. The molecule has 0 bridgehead atoms. The van der Waals surface area contributed by atoms with Crippen LogP contribution in [0.5, 0.6) is 0 Å². The molecule has 206 valence electrons. The van der Waals surface area contributed by atoms with Gasteiger partial charge in [-0.1, -0.05) is 152 Å². The fourth-order valence-electron chi connectivity index (χ4n) is 6.16. The zero-order valence-electron chi connectivity index (χ0n) is 23.0. The van der Waals surface area contributed by atoms with Gasteiger partial charge in [0, 0.05) is 11.5 Å². The van der Waals surface area contributed by atoms with Crippen molar-refractivity contribution in [1.29, 1.82) is 0 Å². The number of rotatable bonds is 7. The molecule has 1 fully saturated rings. The van der Waals surface area contributed by atoms with Crippen LogP contribution in [-0.4, -0.2) is 22.9 Å². The molecule has 1 saturated heterocycles. The Kier molecular flexibility index (Phi) is 7.33. The van der Waals surface area contributed by atoms with Crippen LogP contribution in [0.1, 0.15) is 34.7 Å². The molecule has 2 N–H and O–H groups in total. The van der Waals surface area contributed by atoms with Crippen LogP contribution >= 0.6 is 0 Å². The molecule has 0 radical (unpaired) electrons. The molecule has 4 nitrogen and oxygen atoms in total. The van der Waals surface area contributed by atoms with Crippen LogP contribution in [0.4, 0.5) is 0 Å². The third-order valence-corrected chi connectivity index (χ3v) is 8.36. The van der Waals surface area contributed by atoms with E-state index in [9.17, 15) is 10.2 Å². The van der Waals surface area contributed by atoms with Crippen molar-refractivity contribution in [1.82, 2.24) is 0 Å². The second kappa shape index (κ2) is 11.1.